The van der Waals surface area contributed by atoms with E-state index >= 15 is 0 Å². The Bertz CT molecular complexity index is 486. The molecule has 2 atom stereocenters. The maximum Gasteiger partial charge on any atom is 0.192 e. The van der Waals surface area contributed by atoms with E-state index in [0.29, 0.717) is 6.42 Å². The number of ether oxygens (including phenoxy) is 1. The van der Waals surface area contributed by atoms with Crippen LogP contribution in [0.25, 0.3) is 0 Å². The third kappa shape index (κ3) is 1.72. The van der Waals surface area contributed by atoms with Gasteiger partial charge in [-0.2, -0.15) is 0 Å². The average molecular weight is 257 g/mol. The zero-order chi connectivity index (χ0) is 12.8. The van der Waals surface area contributed by atoms with E-state index in [2.05, 4.69) is 0 Å². The Balaban J connectivity index is 2.61. The van der Waals surface area contributed by atoms with E-state index < -0.39 is 11.0 Å². The number of fused-ring (bicyclic) bond motifs is 1. The van der Waals surface area contributed by atoms with Gasteiger partial charge in [-0.3, -0.25) is 4.79 Å². The fourth-order valence-corrected chi connectivity index (χ4v) is 2.18. The van der Waals surface area contributed by atoms with Gasteiger partial charge < -0.3 is 14.9 Å². The van der Waals surface area contributed by atoms with Crippen molar-refractivity contribution in [3.63, 3.8) is 0 Å². The standard InChI is InChI=1S/C12H13ClO4/c1-3-12(2)11(13)10(16)9-7(15)4-6(14)5-8(9)17-12/h4-5,11,14-15H,3H2,1-2H3. The van der Waals surface area contributed by atoms with Crippen molar-refractivity contribution in [1.82, 2.24) is 0 Å². The molecule has 0 aromatic heterocycles. The van der Waals surface area contributed by atoms with Crippen LogP contribution in [0, 0.1) is 0 Å². The number of phenolic OH excluding ortho intramolecular Hbond substituents is 2. The van der Waals surface area contributed by atoms with E-state index in [1.54, 1.807) is 6.92 Å². The fourth-order valence-electron chi connectivity index (χ4n) is 1.87. The molecular weight excluding hydrogens is 244 g/mol. The molecule has 92 valence electrons. The molecule has 2 rings (SSSR count). The highest BCUT2D eigenvalue weighted by Crippen LogP contribution is 2.43. The molecule has 17 heavy (non-hydrogen) atoms. The summed E-state index contributed by atoms with van der Waals surface area (Å²) in [5.74, 6) is -0.669. The summed E-state index contributed by atoms with van der Waals surface area (Å²) in [4.78, 5) is 12.1. The first kappa shape index (κ1) is 12.0. The largest absolute Gasteiger partial charge is 0.508 e. The number of alkyl halides is 1. The van der Waals surface area contributed by atoms with Gasteiger partial charge in [0.05, 0.1) is 0 Å². The third-order valence-electron chi connectivity index (χ3n) is 3.12. The van der Waals surface area contributed by atoms with Gasteiger partial charge in [0, 0.05) is 12.1 Å². The van der Waals surface area contributed by atoms with Gasteiger partial charge in [0.15, 0.2) is 5.78 Å². The average Bonchev–Trinajstić information content (AvgIpc) is 2.25. The summed E-state index contributed by atoms with van der Waals surface area (Å²) in [5, 5.41) is 18.2. The Hall–Kier alpha value is -1.42. The number of benzene rings is 1. The summed E-state index contributed by atoms with van der Waals surface area (Å²) in [7, 11) is 0. The lowest BCUT2D eigenvalue weighted by atomic mass is 9.88. The number of aromatic hydroxyl groups is 2. The highest BCUT2D eigenvalue weighted by atomic mass is 35.5. The molecule has 1 heterocycles. The predicted octanol–water partition coefficient (Wildman–Crippen LogP) is 2.45. The molecule has 0 aliphatic carbocycles. The summed E-state index contributed by atoms with van der Waals surface area (Å²) in [6.45, 7) is 3.59. The van der Waals surface area contributed by atoms with Crippen LogP contribution < -0.4 is 4.74 Å². The number of hydrogen-bond acceptors (Lipinski definition) is 4. The van der Waals surface area contributed by atoms with Gasteiger partial charge in [-0.05, 0) is 13.3 Å². The number of Topliss-reactive ketones (excluding diaryl/α,β-unsaturated/α-hetero) is 1. The smallest absolute Gasteiger partial charge is 0.192 e. The number of carbonyl (C=O) groups is 1. The molecule has 0 fully saturated rings. The van der Waals surface area contributed by atoms with Crippen LogP contribution in [0.1, 0.15) is 30.6 Å². The fraction of sp³-hybridized carbons (Fsp3) is 0.417. The molecule has 1 aliphatic rings. The topological polar surface area (TPSA) is 66.8 Å². The summed E-state index contributed by atoms with van der Waals surface area (Å²) >= 11 is 6.07. The molecule has 0 radical (unpaired) electrons. The predicted molar refractivity (Wildman–Crippen MR) is 63.1 cm³/mol. The molecule has 5 heteroatoms. The molecule has 4 nitrogen and oxygen atoms in total. The molecule has 0 amide bonds. The number of rotatable bonds is 1. The normalized spacial score (nSPS) is 27.5. The van der Waals surface area contributed by atoms with Crippen LogP contribution in [0.4, 0.5) is 0 Å². The van der Waals surface area contributed by atoms with Crippen LogP contribution in [-0.2, 0) is 0 Å². The Kier molecular flexibility index (Phi) is 2.70. The van der Waals surface area contributed by atoms with Crippen molar-refractivity contribution in [3.05, 3.63) is 17.7 Å². The Morgan fingerprint density at radius 3 is 2.71 bits per heavy atom. The second-order valence-electron chi connectivity index (χ2n) is 4.33. The molecule has 0 spiro atoms. The van der Waals surface area contributed by atoms with Gasteiger partial charge in [-0.1, -0.05) is 6.92 Å². The maximum atomic E-state index is 12.1. The molecule has 1 aliphatic heterocycles. The highest BCUT2D eigenvalue weighted by Gasteiger charge is 2.45. The first-order valence-corrected chi connectivity index (χ1v) is 5.76. The second-order valence-corrected chi connectivity index (χ2v) is 4.77. The monoisotopic (exact) mass is 256 g/mol. The maximum absolute atomic E-state index is 12.1. The number of halogens is 1. The van der Waals surface area contributed by atoms with Crippen molar-refractivity contribution >= 4 is 17.4 Å². The minimum absolute atomic E-state index is 0.0359. The summed E-state index contributed by atoms with van der Waals surface area (Å²) in [6, 6.07) is 2.40. The van der Waals surface area contributed by atoms with E-state index in [1.165, 1.54) is 6.07 Å². The van der Waals surface area contributed by atoms with Crippen LogP contribution >= 0.6 is 11.6 Å². The lowest BCUT2D eigenvalue weighted by Gasteiger charge is -2.37. The third-order valence-corrected chi connectivity index (χ3v) is 3.78. The van der Waals surface area contributed by atoms with Crippen molar-refractivity contribution in [3.8, 4) is 17.2 Å². The van der Waals surface area contributed by atoms with Crippen LogP contribution in [0.5, 0.6) is 17.2 Å². The van der Waals surface area contributed by atoms with Gasteiger partial charge in [0.2, 0.25) is 0 Å². The molecule has 0 bridgehead atoms. The van der Waals surface area contributed by atoms with E-state index in [1.807, 2.05) is 6.92 Å². The Labute approximate surface area is 104 Å². The molecular formula is C12H13ClO4. The number of phenols is 2. The van der Waals surface area contributed by atoms with Crippen molar-refractivity contribution in [2.75, 3.05) is 0 Å². The number of ketones is 1. The van der Waals surface area contributed by atoms with Gasteiger partial charge in [-0.25, -0.2) is 0 Å². The zero-order valence-electron chi connectivity index (χ0n) is 9.53. The summed E-state index contributed by atoms with van der Waals surface area (Å²) in [5.41, 5.74) is -0.792. The lowest BCUT2D eigenvalue weighted by molar-refractivity contribution is 0.0520. The van der Waals surface area contributed by atoms with Gasteiger partial charge in [0.1, 0.15) is 33.8 Å². The van der Waals surface area contributed by atoms with Crippen LogP contribution in [0.3, 0.4) is 0 Å². The van der Waals surface area contributed by atoms with Crippen molar-refractivity contribution in [2.24, 2.45) is 0 Å². The molecule has 2 N–H and O–H groups in total. The lowest BCUT2D eigenvalue weighted by Crippen LogP contribution is -2.49. The molecule has 1 aromatic carbocycles. The highest BCUT2D eigenvalue weighted by molar-refractivity contribution is 6.36. The zero-order valence-corrected chi connectivity index (χ0v) is 10.3. The minimum Gasteiger partial charge on any atom is -0.508 e. The van der Waals surface area contributed by atoms with E-state index in [-0.39, 0.29) is 28.6 Å². The molecule has 2 unspecified atom stereocenters. The minimum atomic E-state index is -0.851. The van der Waals surface area contributed by atoms with Crippen molar-refractivity contribution in [1.29, 1.82) is 0 Å². The Morgan fingerprint density at radius 1 is 1.47 bits per heavy atom. The van der Waals surface area contributed by atoms with E-state index in [0.717, 1.165) is 6.07 Å². The first-order chi connectivity index (χ1) is 7.89. The first-order valence-electron chi connectivity index (χ1n) is 5.32. The molecule has 1 aromatic rings. The SMILES string of the molecule is CCC1(C)Oc2cc(O)cc(O)c2C(=O)C1Cl. The van der Waals surface area contributed by atoms with E-state index in [9.17, 15) is 15.0 Å². The van der Waals surface area contributed by atoms with Crippen molar-refractivity contribution < 1.29 is 19.7 Å². The van der Waals surface area contributed by atoms with Crippen LogP contribution in [0.2, 0.25) is 0 Å². The van der Waals surface area contributed by atoms with E-state index in [4.69, 9.17) is 16.3 Å². The molecule has 0 saturated carbocycles. The second kappa shape index (κ2) is 3.81. The van der Waals surface area contributed by atoms with Crippen LogP contribution in [-0.4, -0.2) is 27.0 Å². The summed E-state index contributed by atoms with van der Waals surface area (Å²) in [6.07, 6.45) is 0.544. The van der Waals surface area contributed by atoms with Crippen molar-refractivity contribution in [2.45, 2.75) is 31.2 Å². The van der Waals surface area contributed by atoms with Gasteiger partial charge in [0.25, 0.3) is 0 Å². The number of hydrogen-bond donors (Lipinski definition) is 2. The van der Waals surface area contributed by atoms with Gasteiger partial charge >= 0.3 is 0 Å². The van der Waals surface area contributed by atoms with Crippen LogP contribution in [0.15, 0.2) is 12.1 Å². The molecule has 0 saturated heterocycles. The van der Waals surface area contributed by atoms with Gasteiger partial charge in [-0.15, -0.1) is 11.6 Å². The number of carbonyl (C=O) groups excluding carboxylic acids is 1. The quantitative estimate of drug-likeness (QED) is 0.758. The Morgan fingerprint density at radius 2 is 2.12 bits per heavy atom. The summed E-state index contributed by atoms with van der Waals surface area (Å²) < 4.78 is 5.64.